The van der Waals surface area contributed by atoms with Crippen LogP contribution in [0.1, 0.15) is 33.6 Å². The van der Waals surface area contributed by atoms with E-state index in [4.69, 9.17) is 23.2 Å². The zero-order chi connectivity index (χ0) is 17.1. The summed E-state index contributed by atoms with van der Waals surface area (Å²) in [6.07, 6.45) is 2.06. The van der Waals surface area contributed by atoms with E-state index in [0.29, 0.717) is 26.9 Å². The Morgan fingerprint density at radius 2 is 1.54 bits per heavy atom. The molecular weight excluding hydrogens is 347 g/mol. The number of carbonyl (C=O) groups excluding carboxylic acids is 2. The van der Waals surface area contributed by atoms with E-state index in [1.807, 2.05) is 4.90 Å². The minimum Gasteiger partial charge on any atom is -0.339 e. The molecule has 0 bridgehead atoms. The lowest BCUT2D eigenvalue weighted by molar-refractivity contribution is 0.0793. The van der Waals surface area contributed by atoms with Crippen LogP contribution in [0.15, 0.2) is 42.5 Å². The highest BCUT2D eigenvalue weighted by Crippen LogP contribution is 2.23. The van der Waals surface area contributed by atoms with E-state index in [0.717, 1.165) is 25.9 Å². The fourth-order valence-corrected chi connectivity index (χ4v) is 3.25. The smallest absolute Gasteiger partial charge is 0.255 e. The van der Waals surface area contributed by atoms with Crippen molar-refractivity contribution in [2.24, 2.45) is 0 Å². The summed E-state index contributed by atoms with van der Waals surface area (Å²) in [6, 6.07) is 11.5. The molecule has 2 aromatic carbocycles. The monoisotopic (exact) mass is 362 g/mol. The zero-order valence-corrected chi connectivity index (χ0v) is 14.4. The number of hydrogen-bond donors (Lipinski definition) is 1. The second kappa shape index (κ2) is 7.24. The highest BCUT2D eigenvalue weighted by molar-refractivity contribution is 6.35. The Balaban J connectivity index is 1.77. The van der Waals surface area contributed by atoms with Crippen LogP contribution in [0.5, 0.6) is 0 Å². The molecule has 0 spiro atoms. The van der Waals surface area contributed by atoms with Gasteiger partial charge in [-0.05, 0) is 49.2 Å². The van der Waals surface area contributed by atoms with Crippen molar-refractivity contribution >= 4 is 40.7 Å². The van der Waals surface area contributed by atoms with Gasteiger partial charge in [-0.3, -0.25) is 9.59 Å². The van der Waals surface area contributed by atoms with Crippen LogP contribution in [0.4, 0.5) is 5.69 Å². The maximum atomic E-state index is 12.4. The van der Waals surface area contributed by atoms with Gasteiger partial charge in [0.05, 0.1) is 0 Å². The molecule has 2 aromatic rings. The van der Waals surface area contributed by atoms with Crippen molar-refractivity contribution in [1.29, 1.82) is 0 Å². The van der Waals surface area contributed by atoms with Gasteiger partial charge >= 0.3 is 0 Å². The van der Waals surface area contributed by atoms with E-state index >= 15 is 0 Å². The number of rotatable bonds is 3. The average Bonchev–Trinajstić information content (AvgIpc) is 3.07. The van der Waals surface area contributed by atoms with E-state index in [2.05, 4.69) is 5.32 Å². The molecule has 0 aromatic heterocycles. The van der Waals surface area contributed by atoms with E-state index < -0.39 is 0 Å². The topological polar surface area (TPSA) is 49.4 Å². The standard InChI is InChI=1S/C18H16Cl2N2O2/c19-14-9-15(20)11-16(10-14)21-17(23)12-4-3-5-13(8-12)18(24)22-6-1-2-7-22/h3-5,8-11H,1-2,6-7H2,(H,21,23). The third kappa shape index (κ3) is 3.89. The number of nitrogens with zero attached hydrogens (tertiary/aromatic N) is 1. The second-order valence-electron chi connectivity index (χ2n) is 5.69. The minimum absolute atomic E-state index is 0.0343. The minimum atomic E-state index is -0.315. The maximum absolute atomic E-state index is 12.4. The third-order valence-corrected chi connectivity index (χ3v) is 4.32. The first-order chi connectivity index (χ1) is 11.5. The molecule has 0 unspecified atom stereocenters. The number of hydrogen-bond acceptors (Lipinski definition) is 2. The molecule has 0 atom stereocenters. The number of carbonyl (C=O) groups is 2. The Labute approximate surface area is 150 Å². The van der Waals surface area contributed by atoms with Crippen molar-refractivity contribution in [1.82, 2.24) is 4.90 Å². The largest absolute Gasteiger partial charge is 0.339 e. The fourth-order valence-electron chi connectivity index (χ4n) is 2.73. The number of nitrogens with one attached hydrogen (secondary N) is 1. The van der Waals surface area contributed by atoms with Crippen LogP contribution in [0.3, 0.4) is 0 Å². The lowest BCUT2D eigenvalue weighted by Gasteiger charge is -2.15. The van der Waals surface area contributed by atoms with Crippen molar-refractivity contribution in [3.63, 3.8) is 0 Å². The second-order valence-corrected chi connectivity index (χ2v) is 6.57. The van der Waals surface area contributed by atoms with Gasteiger partial charge in [0.15, 0.2) is 0 Å². The van der Waals surface area contributed by atoms with Gasteiger partial charge in [-0.25, -0.2) is 0 Å². The van der Waals surface area contributed by atoms with Gasteiger partial charge in [-0.2, -0.15) is 0 Å². The summed E-state index contributed by atoms with van der Waals surface area (Å²) in [5.41, 5.74) is 1.44. The number of likely N-dealkylation sites (tertiary alicyclic amines) is 1. The summed E-state index contributed by atoms with van der Waals surface area (Å²) in [4.78, 5) is 26.7. The average molecular weight is 363 g/mol. The van der Waals surface area contributed by atoms with Crippen molar-refractivity contribution < 1.29 is 9.59 Å². The van der Waals surface area contributed by atoms with Gasteiger partial charge in [-0.15, -0.1) is 0 Å². The SMILES string of the molecule is O=C(Nc1cc(Cl)cc(Cl)c1)c1cccc(C(=O)N2CCCC2)c1. The van der Waals surface area contributed by atoms with Crippen molar-refractivity contribution in [2.75, 3.05) is 18.4 Å². The quantitative estimate of drug-likeness (QED) is 0.874. The summed E-state index contributed by atoms with van der Waals surface area (Å²) in [7, 11) is 0. The highest BCUT2D eigenvalue weighted by Gasteiger charge is 2.20. The van der Waals surface area contributed by atoms with Crippen LogP contribution < -0.4 is 5.32 Å². The number of anilines is 1. The Morgan fingerprint density at radius 1 is 0.917 bits per heavy atom. The summed E-state index contributed by atoms with van der Waals surface area (Å²) < 4.78 is 0. The van der Waals surface area contributed by atoms with Crippen molar-refractivity contribution in [2.45, 2.75) is 12.8 Å². The summed E-state index contributed by atoms with van der Waals surface area (Å²) in [5.74, 6) is -0.350. The number of benzene rings is 2. The van der Waals surface area contributed by atoms with Gasteiger partial charge in [0, 0.05) is 39.9 Å². The molecule has 0 radical (unpaired) electrons. The number of amides is 2. The Hall–Kier alpha value is -2.04. The lowest BCUT2D eigenvalue weighted by atomic mass is 10.1. The molecule has 24 heavy (non-hydrogen) atoms. The summed E-state index contributed by atoms with van der Waals surface area (Å²) in [6.45, 7) is 1.55. The van der Waals surface area contributed by atoms with E-state index in [-0.39, 0.29) is 11.8 Å². The molecule has 124 valence electrons. The molecule has 1 N–H and O–H groups in total. The molecule has 6 heteroatoms. The summed E-state index contributed by atoms with van der Waals surface area (Å²) >= 11 is 11.9. The van der Waals surface area contributed by atoms with E-state index in [9.17, 15) is 9.59 Å². The molecule has 1 aliphatic heterocycles. The van der Waals surface area contributed by atoms with Crippen LogP contribution in [0, 0.1) is 0 Å². The normalized spacial score (nSPS) is 13.8. The Morgan fingerprint density at radius 3 is 2.21 bits per heavy atom. The first-order valence-electron chi connectivity index (χ1n) is 7.70. The van der Waals surface area contributed by atoms with Gasteiger partial charge in [-0.1, -0.05) is 29.3 Å². The van der Waals surface area contributed by atoms with Crippen LogP contribution >= 0.6 is 23.2 Å². The first kappa shape index (κ1) is 16.8. The molecule has 0 saturated carbocycles. The predicted octanol–water partition coefficient (Wildman–Crippen LogP) is 4.48. The van der Waals surface area contributed by atoms with Crippen LogP contribution in [0.2, 0.25) is 10.0 Å². The molecule has 2 amide bonds. The Bertz CT molecular complexity index is 766. The predicted molar refractivity (Wildman–Crippen MR) is 96.0 cm³/mol. The van der Waals surface area contributed by atoms with Crippen molar-refractivity contribution in [3.05, 3.63) is 63.6 Å². The third-order valence-electron chi connectivity index (χ3n) is 3.89. The molecule has 1 saturated heterocycles. The molecular formula is C18H16Cl2N2O2. The zero-order valence-electron chi connectivity index (χ0n) is 12.9. The molecule has 0 aliphatic carbocycles. The molecule has 1 fully saturated rings. The summed E-state index contributed by atoms with van der Waals surface area (Å²) in [5, 5.41) is 3.62. The first-order valence-corrected chi connectivity index (χ1v) is 8.45. The highest BCUT2D eigenvalue weighted by atomic mass is 35.5. The molecule has 4 nitrogen and oxygen atoms in total. The molecule has 3 rings (SSSR count). The van der Waals surface area contributed by atoms with Gasteiger partial charge in [0.2, 0.25) is 0 Å². The van der Waals surface area contributed by atoms with E-state index in [1.165, 1.54) is 0 Å². The van der Waals surface area contributed by atoms with Crippen molar-refractivity contribution in [3.8, 4) is 0 Å². The molecule has 1 aliphatic rings. The lowest BCUT2D eigenvalue weighted by Crippen LogP contribution is -2.27. The van der Waals surface area contributed by atoms with Crippen LogP contribution in [-0.4, -0.2) is 29.8 Å². The Kier molecular flexibility index (Phi) is 5.07. The van der Waals surface area contributed by atoms with Gasteiger partial charge < -0.3 is 10.2 Å². The fraction of sp³-hybridized carbons (Fsp3) is 0.222. The van der Waals surface area contributed by atoms with E-state index in [1.54, 1.807) is 42.5 Å². The van der Waals surface area contributed by atoms with Crippen LogP contribution in [0.25, 0.3) is 0 Å². The number of halogens is 2. The van der Waals surface area contributed by atoms with Gasteiger partial charge in [0.25, 0.3) is 11.8 Å². The van der Waals surface area contributed by atoms with Crippen LogP contribution in [-0.2, 0) is 0 Å². The maximum Gasteiger partial charge on any atom is 0.255 e. The van der Waals surface area contributed by atoms with Gasteiger partial charge in [0.1, 0.15) is 0 Å². The molecule has 1 heterocycles.